The maximum absolute atomic E-state index is 8.88. The van der Waals surface area contributed by atoms with Crippen LogP contribution in [0.25, 0.3) is 0 Å². The van der Waals surface area contributed by atoms with Gasteiger partial charge in [0.25, 0.3) is 0 Å². The van der Waals surface area contributed by atoms with E-state index in [1.54, 1.807) is 0 Å². The summed E-state index contributed by atoms with van der Waals surface area (Å²) < 4.78 is 14.6. The third-order valence-electron chi connectivity index (χ3n) is 3.51. The van der Waals surface area contributed by atoms with E-state index in [0.29, 0.717) is 0 Å². The second-order valence-corrected chi connectivity index (χ2v) is 6.88. The molecule has 0 unspecified atom stereocenters. The molecule has 5 nitrogen and oxygen atoms in total. The Labute approximate surface area is 196 Å². The van der Waals surface area contributed by atoms with Gasteiger partial charge in [0.2, 0.25) is 0 Å². The summed E-state index contributed by atoms with van der Waals surface area (Å²) in [7, 11) is -4.64. The molecule has 0 aliphatic carbocycles. The molecular weight excluding hydrogens is 366 g/mol. The SMILES string of the molecule is CCCCCCCCCCCCOc1ccccc1.O=P(O)(O)O.[H-].[K+]. The monoisotopic (exact) mass is 400 g/mol. The number of unbranched alkanes of at least 4 members (excludes halogenated alkanes) is 9. The molecule has 25 heavy (non-hydrogen) atoms. The number of hydrogen-bond acceptors (Lipinski definition) is 2. The van der Waals surface area contributed by atoms with E-state index in [-0.39, 0.29) is 52.8 Å². The smallest absolute Gasteiger partial charge is 1.00 e. The number of hydrogen-bond donors (Lipinski definition) is 3. The zero-order valence-electron chi connectivity index (χ0n) is 16.8. The molecule has 0 aliphatic heterocycles. The molecule has 3 N–H and O–H groups in total. The predicted octanol–water partition coefficient (Wildman–Crippen LogP) is 2.17. The summed E-state index contributed by atoms with van der Waals surface area (Å²) in [5, 5.41) is 0. The Kier molecular flexibility index (Phi) is 21.9. The fourth-order valence-electron chi connectivity index (χ4n) is 2.30. The van der Waals surface area contributed by atoms with Crippen LogP contribution < -0.4 is 56.1 Å². The van der Waals surface area contributed by atoms with Crippen molar-refractivity contribution in [2.75, 3.05) is 6.61 Å². The fraction of sp³-hybridized carbons (Fsp3) is 0.667. The normalized spacial score (nSPS) is 10.4. The maximum Gasteiger partial charge on any atom is 1.00 e. The molecule has 0 saturated carbocycles. The second kappa shape index (κ2) is 19.5. The van der Waals surface area contributed by atoms with Crippen molar-refractivity contribution in [1.82, 2.24) is 0 Å². The molecule has 0 saturated heterocycles. The van der Waals surface area contributed by atoms with Crippen LogP contribution in [0.15, 0.2) is 30.3 Å². The Bertz CT molecular complexity index is 423. The predicted molar refractivity (Wildman–Crippen MR) is 99.2 cm³/mol. The minimum absolute atomic E-state index is 0. The van der Waals surface area contributed by atoms with E-state index >= 15 is 0 Å². The molecule has 1 rings (SSSR count). The van der Waals surface area contributed by atoms with Crippen LogP contribution in [0.3, 0.4) is 0 Å². The molecular formula is C18H34KO5P. The summed E-state index contributed by atoms with van der Waals surface area (Å²) >= 11 is 0. The second-order valence-electron chi connectivity index (χ2n) is 5.86. The molecule has 0 bridgehead atoms. The molecule has 0 radical (unpaired) electrons. The van der Waals surface area contributed by atoms with Crippen LogP contribution in [-0.2, 0) is 4.57 Å². The summed E-state index contributed by atoms with van der Waals surface area (Å²) in [6.45, 7) is 3.14. The molecule has 0 aromatic heterocycles. The first kappa shape index (κ1) is 28.0. The number of benzene rings is 1. The zero-order chi connectivity index (χ0) is 18.1. The minimum atomic E-state index is -4.64. The van der Waals surface area contributed by atoms with Crippen molar-refractivity contribution >= 4 is 7.82 Å². The fourth-order valence-corrected chi connectivity index (χ4v) is 2.30. The minimum Gasteiger partial charge on any atom is -1.00 e. The molecule has 0 amide bonds. The van der Waals surface area contributed by atoms with Crippen molar-refractivity contribution in [2.24, 2.45) is 0 Å². The van der Waals surface area contributed by atoms with E-state index in [1.807, 2.05) is 30.3 Å². The molecule has 0 fully saturated rings. The van der Waals surface area contributed by atoms with Crippen molar-refractivity contribution in [1.29, 1.82) is 0 Å². The van der Waals surface area contributed by atoms with E-state index in [2.05, 4.69) is 6.92 Å². The van der Waals surface area contributed by atoms with Gasteiger partial charge in [0.1, 0.15) is 5.75 Å². The Morgan fingerprint density at radius 3 is 1.68 bits per heavy atom. The Balaban J connectivity index is -0.000000668. The summed E-state index contributed by atoms with van der Waals surface area (Å²) in [5.41, 5.74) is 0. The van der Waals surface area contributed by atoms with Crippen LogP contribution >= 0.6 is 7.82 Å². The molecule has 0 aliphatic rings. The molecule has 1 aromatic carbocycles. The average molecular weight is 401 g/mol. The van der Waals surface area contributed by atoms with Crippen LogP contribution in [-0.4, -0.2) is 21.3 Å². The van der Waals surface area contributed by atoms with Gasteiger partial charge in [0.05, 0.1) is 6.61 Å². The Morgan fingerprint density at radius 1 is 0.840 bits per heavy atom. The summed E-state index contributed by atoms with van der Waals surface area (Å²) in [4.78, 5) is 21.6. The summed E-state index contributed by atoms with van der Waals surface area (Å²) in [6, 6.07) is 10.1. The van der Waals surface area contributed by atoms with Crippen LogP contribution in [0.1, 0.15) is 72.6 Å². The Morgan fingerprint density at radius 2 is 1.24 bits per heavy atom. The largest absolute Gasteiger partial charge is 1.00 e. The van der Waals surface area contributed by atoms with Crippen LogP contribution in [0.2, 0.25) is 0 Å². The van der Waals surface area contributed by atoms with Gasteiger partial charge in [0, 0.05) is 0 Å². The van der Waals surface area contributed by atoms with Gasteiger partial charge in [-0.25, -0.2) is 4.57 Å². The van der Waals surface area contributed by atoms with Gasteiger partial charge < -0.3 is 20.8 Å². The first-order valence-corrected chi connectivity index (χ1v) is 10.5. The van der Waals surface area contributed by atoms with Gasteiger partial charge in [0.15, 0.2) is 0 Å². The first-order chi connectivity index (χ1) is 11.4. The standard InChI is InChI=1S/C18H30O.K.H3O4P.H/c1-2-3-4-5-6-7-8-9-10-14-17-19-18-15-12-11-13-16-18;;1-5(2,3)4;/h11-13,15-16H,2-10,14,17H2,1H3;;(H3,1,2,3,4);/q;+1;;-1. The zero-order valence-corrected chi connectivity index (χ0v) is 19.8. The van der Waals surface area contributed by atoms with Crippen molar-refractivity contribution < 1.29 is 76.8 Å². The van der Waals surface area contributed by atoms with Crippen molar-refractivity contribution in [3.05, 3.63) is 30.3 Å². The average Bonchev–Trinajstić information content (AvgIpc) is 2.52. The van der Waals surface area contributed by atoms with E-state index in [4.69, 9.17) is 24.0 Å². The molecule has 0 spiro atoms. The van der Waals surface area contributed by atoms with Gasteiger partial charge in [-0.3, -0.25) is 0 Å². The van der Waals surface area contributed by atoms with Crippen LogP contribution in [0, 0.1) is 0 Å². The number of para-hydroxylation sites is 1. The van der Waals surface area contributed by atoms with Gasteiger partial charge in [-0.2, -0.15) is 0 Å². The van der Waals surface area contributed by atoms with Gasteiger partial charge in [-0.1, -0.05) is 82.9 Å². The third kappa shape index (κ3) is 27.1. The summed E-state index contributed by atoms with van der Waals surface area (Å²) in [6.07, 6.45) is 13.7. The van der Waals surface area contributed by atoms with Crippen molar-refractivity contribution in [2.45, 2.75) is 71.1 Å². The van der Waals surface area contributed by atoms with E-state index in [0.717, 1.165) is 12.4 Å². The molecule has 0 atom stereocenters. The number of phosphoric acid groups is 1. The van der Waals surface area contributed by atoms with Crippen molar-refractivity contribution in [3.63, 3.8) is 0 Å². The Hall–Kier alpha value is 0.766. The third-order valence-corrected chi connectivity index (χ3v) is 3.51. The van der Waals surface area contributed by atoms with Gasteiger partial charge in [-0.15, -0.1) is 0 Å². The topological polar surface area (TPSA) is 87.0 Å². The number of ether oxygens (including phenoxy) is 1. The van der Waals surface area contributed by atoms with Crippen molar-refractivity contribution in [3.8, 4) is 5.75 Å². The quantitative estimate of drug-likeness (QED) is 0.284. The van der Waals surface area contributed by atoms with Crippen LogP contribution in [0.4, 0.5) is 0 Å². The van der Waals surface area contributed by atoms with E-state index in [9.17, 15) is 0 Å². The summed E-state index contributed by atoms with van der Waals surface area (Å²) in [5.74, 6) is 0.999. The first-order valence-electron chi connectivity index (χ1n) is 8.89. The van der Waals surface area contributed by atoms with E-state index < -0.39 is 7.82 Å². The maximum atomic E-state index is 8.88. The number of rotatable bonds is 12. The van der Waals surface area contributed by atoms with Gasteiger partial charge >= 0.3 is 59.2 Å². The molecule has 0 heterocycles. The van der Waals surface area contributed by atoms with Gasteiger partial charge in [-0.05, 0) is 18.6 Å². The molecule has 142 valence electrons. The molecule has 7 heteroatoms. The van der Waals surface area contributed by atoms with Crippen LogP contribution in [0.5, 0.6) is 5.75 Å². The van der Waals surface area contributed by atoms with E-state index in [1.165, 1.54) is 64.2 Å². The molecule has 1 aromatic rings.